The number of rotatable bonds is 3. The highest BCUT2D eigenvalue weighted by molar-refractivity contribution is 7.85. The number of alkyl halides is 6. The second kappa shape index (κ2) is 7.09. The fourth-order valence-corrected chi connectivity index (χ4v) is 3.82. The van der Waals surface area contributed by atoms with Crippen molar-refractivity contribution in [3.8, 4) is 0 Å². The van der Waals surface area contributed by atoms with Crippen molar-refractivity contribution in [3.05, 3.63) is 34.9 Å². The van der Waals surface area contributed by atoms with Gasteiger partial charge in [-0.3, -0.25) is 4.21 Å². The maximum Gasteiger partial charge on any atom is 0.432 e. The van der Waals surface area contributed by atoms with Gasteiger partial charge >= 0.3 is 12.4 Å². The highest BCUT2D eigenvalue weighted by atomic mass is 32.2. The average molecular weight is 404 g/mol. The number of halogens is 7. The second-order valence-corrected chi connectivity index (χ2v) is 7.21. The summed E-state index contributed by atoms with van der Waals surface area (Å²) in [5.41, 5.74) is 3.03. The molecular weight excluding hydrogens is 389 g/mol. The lowest BCUT2D eigenvalue weighted by Crippen LogP contribution is -2.28. The molecule has 26 heavy (non-hydrogen) atoms. The zero-order chi connectivity index (χ0) is 19.9. The van der Waals surface area contributed by atoms with E-state index >= 15 is 0 Å². The van der Waals surface area contributed by atoms with E-state index in [4.69, 9.17) is 5.73 Å². The van der Waals surface area contributed by atoms with Crippen molar-refractivity contribution >= 4 is 16.5 Å². The molecule has 1 heterocycles. The quantitative estimate of drug-likeness (QED) is 0.771. The van der Waals surface area contributed by atoms with Gasteiger partial charge < -0.3 is 10.6 Å². The maximum absolute atomic E-state index is 14.3. The number of hydrogen-bond acceptors (Lipinski definition) is 3. The lowest BCUT2D eigenvalue weighted by atomic mass is 10.2. The first kappa shape index (κ1) is 20.5. The van der Waals surface area contributed by atoms with Gasteiger partial charge in [0.05, 0.1) is 16.5 Å². The number of nitrogens with zero attached hydrogens (tertiary/aromatic N) is 1. The van der Waals surface area contributed by atoms with Gasteiger partial charge in [-0.05, 0) is 37.5 Å². The van der Waals surface area contributed by atoms with Gasteiger partial charge in [-0.15, -0.1) is 0 Å². The van der Waals surface area contributed by atoms with Gasteiger partial charge in [-0.25, -0.2) is 4.39 Å². The molecule has 0 radical (unpaired) electrons. The zero-order valence-electron chi connectivity index (χ0n) is 13.5. The van der Waals surface area contributed by atoms with Crippen LogP contribution >= 0.6 is 0 Å². The molecule has 1 aromatic carbocycles. The van der Waals surface area contributed by atoms with Crippen LogP contribution in [0.3, 0.4) is 0 Å². The van der Waals surface area contributed by atoms with E-state index in [1.54, 1.807) is 0 Å². The lowest BCUT2D eigenvalue weighted by molar-refractivity contribution is -0.105. The topological polar surface area (TPSA) is 46.3 Å². The molecule has 0 saturated carbocycles. The van der Waals surface area contributed by atoms with Crippen LogP contribution < -0.4 is 10.6 Å². The van der Waals surface area contributed by atoms with E-state index in [1.165, 1.54) is 6.92 Å². The Bertz CT molecular complexity index is 756. The molecule has 0 amide bonds. The van der Waals surface area contributed by atoms with Crippen LogP contribution in [-0.2, 0) is 10.8 Å². The van der Waals surface area contributed by atoms with Crippen LogP contribution in [0.2, 0.25) is 0 Å². The van der Waals surface area contributed by atoms with E-state index in [0.717, 1.165) is 17.0 Å². The number of nitrogens with two attached hydrogens (primary N) is 1. The Morgan fingerprint density at radius 1 is 1.23 bits per heavy atom. The fraction of sp³-hybridized carbons (Fsp3) is 0.467. The first-order valence-electron chi connectivity index (χ1n) is 7.40. The predicted molar refractivity (Wildman–Crippen MR) is 82.3 cm³/mol. The molecule has 1 saturated heterocycles. The van der Waals surface area contributed by atoms with Crippen molar-refractivity contribution in [1.82, 2.24) is 0 Å². The summed E-state index contributed by atoms with van der Waals surface area (Å²) in [5, 5.41) is 0. The monoisotopic (exact) mass is 404 g/mol. The average Bonchev–Trinajstić information content (AvgIpc) is 2.92. The third kappa shape index (κ3) is 4.49. The number of benzene rings is 1. The molecule has 1 fully saturated rings. The Kier molecular flexibility index (Phi) is 5.60. The fourth-order valence-electron chi connectivity index (χ4n) is 2.70. The molecule has 0 aromatic heterocycles. The van der Waals surface area contributed by atoms with Crippen LogP contribution in [0.5, 0.6) is 0 Å². The third-order valence-electron chi connectivity index (χ3n) is 3.81. The van der Waals surface area contributed by atoms with Gasteiger partial charge in [0.15, 0.2) is 0 Å². The summed E-state index contributed by atoms with van der Waals surface area (Å²) < 4.78 is 102. The van der Waals surface area contributed by atoms with Gasteiger partial charge in [-0.2, -0.15) is 26.3 Å². The Labute approximate surface area is 147 Å². The summed E-state index contributed by atoms with van der Waals surface area (Å²) >= 11 is 0. The highest BCUT2D eigenvalue weighted by Gasteiger charge is 2.38. The van der Waals surface area contributed by atoms with Gasteiger partial charge in [-0.1, -0.05) is 0 Å². The molecule has 1 atom stereocenters. The molecule has 0 aliphatic carbocycles. The van der Waals surface area contributed by atoms with Crippen LogP contribution in [0.4, 0.5) is 36.4 Å². The Morgan fingerprint density at radius 3 is 2.38 bits per heavy atom. The van der Waals surface area contributed by atoms with Gasteiger partial charge in [0.25, 0.3) is 0 Å². The zero-order valence-corrected chi connectivity index (χ0v) is 14.3. The second-order valence-electron chi connectivity index (χ2n) is 5.79. The van der Waals surface area contributed by atoms with Crippen molar-refractivity contribution in [1.29, 1.82) is 0 Å². The van der Waals surface area contributed by atoms with E-state index in [2.05, 4.69) is 0 Å². The van der Waals surface area contributed by atoms with E-state index < -0.39 is 40.4 Å². The molecule has 146 valence electrons. The molecule has 1 aromatic rings. The normalized spacial score (nSPS) is 19.0. The molecule has 0 spiro atoms. The van der Waals surface area contributed by atoms with Gasteiger partial charge in [0, 0.05) is 17.1 Å². The Balaban J connectivity index is 2.50. The first-order valence-corrected chi connectivity index (χ1v) is 8.72. The molecule has 11 heteroatoms. The summed E-state index contributed by atoms with van der Waals surface area (Å²) in [6.07, 6.45) is -9.31. The summed E-state index contributed by atoms with van der Waals surface area (Å²) in [4.78, 5) is 0.696. The van der Waals surface area contributed by atoms with Crippen LogP contribution in [0, 0.1) is 12.7 Å². The minimum Gasteiger partial charge on any atom is -0.393 e. The Hall–Kier alpha value is -1.78. The molecule has 0 bridgehead atoms. The minimum absolute atomic E-state index is 0.0113. The summed E-state index contributed by atoms with van der Waals surface area (Å²) in [6.45, 7) is 1.29. The summed E-state index contributed by atoms with van der Waals surface area (Å²) in [7, 11) is -2.51. The van der Waals surface area contributed by atoms with Crippen molar-refractivity contribution in [2.45, 2.75) is 37.0 Å². The highest BCUT2D eigenvalue weighted by Crippen LogP contribution is 2.37. The predicted octanol–water partition coefficient (Wildman–Crippen LogP) is 4.14. The minimum atomic E-state index is -4.82. The molecule has 1 aliphatic heterocycles. The van der Waals surface area contributed by atoms with E-state index in [1.807, 2.05) is 0 Å². The third-order valence-corrected chi connectivity index (χ3v) is 5.33. The van der Waals surface area contributed by atoms with Gasteiger partial charge in [0.1, 0.15) is 17.3 Å². The molecule has 2 N–H and O–H groups in total. The van der Waals surface area contributed by atoms with Crippen molar-refractivity contribution in [2.24, 2.45) is 5.73 Å². The van der Waals surface area contributed by atoms with E-state index in [0.29, 0.717) is 0 Å². The van der Waals surface area contributed by atoms with Crippen LogP contribution in [0.15, 0.2) is 28.4 Å². The number of aryl methyl sites for hydroxylation is 1. The standard InChI is InChI=1S/C15H15F7N2OS/c1-8-5-9(16)11(6-12(8)26(25)7-14(17,18)19)24-4-2-3-10(24)13(23)15(20,21)22/h5-6H,2-4,7,23H2,1H3. The smallest absolute Gasteiger partial charge is 0.393 e. The van der Waals surface area contributed by atoms with Crippen LogP contribution in [0.25, 0.3) is 0 Å². The summed E-state index contributed by atoms with van der Waals surface area (Å²) in [5.74, 6) is -2.56. The van der Waals surface area contributed by atoms with Crippen LogP contribution in [0.1, 0.15) is 18.4 Å². The molecule has 3 nitrogen and oxygen atoms in total. The van der Waals surface area contributed by atoms with Crippen molar-refractivity contribution in [2.75, 3.05) is 17.2 Å². The van der Waals surface area contributed by atoms with Crippen molar-refractivity contribution < 1.29 is 34.9 Å². The molecule has 1 aliphatic rings. The van der Waals surface area contributed by atoms with Gasteiger partial charge in [0.2, 0.25) is 0 Å². The number of anilines is 1. The van der Waals surface area contributed by atoms with E-state index in [9.17, 15) is 34.9 Å². The summed E-state index contributed by atoms with van der Waals surface area (Å²) in [6, 6.07) is 1.76. The largest absolute Gasteiger partial charge is 0.432 e. The van der Waals surface area contributed by atoms with Crippen LogP contribution in [-0.4, -0.2) is 28.9 Å². The van der Waals surface area contributed by atoms with E-state index in [-0.39, 0.29) is 41.2 Å². The Morgan fingerprint density at radius 2 is 1.85 bits per heavy atom. The maximum atomic E-state index is 14.3. The molecular formula is C15H15F7N2OS. The van der Waals surface area contributed by atoms with Crippen molar-refractivity contribution in [3.63, 3.8) is 0 Å². The SMILES string of the molecule is Cc1cc(F)c(N2CCCC2=C(N)C(F)(F)F)cc1S(=O)CC(F)(F)F. The molecule has 1 unspecified atom stereocenters. The number of allylic oxidation sites excluding steroid dienone is 2. The first-order chi connectivity index (χ1) is 11.8. The number of hydrogen-bond donors (Lipinski definition) is 1. The lowest BCUT2D eigenvalue weighted by Gasteiger charge is -2.24. The molecule has 2 rings (SSSR count).